The molecule has 1 aromatic rings. The number of hydrogen-bond donors (Lipinski definition) is 1. The highest BCUT2D eigenvalue weighted by Gasteiger charge is 2.32. The Bertz CT molecular complexity index is 587. The van der Waals surface area contributed by atoms with Crippen LogP contribution in [0.25, 0.3) is 0 Å². The predicted molar refractivity (Wildman–Crippen MR) is 79.1 cm³/mol. The summed E-state index contributed by atoms with van der Waals surface area (Å²) in [7, 11) is 1.76. The van der Waals surface area contributed by atoms with Crippen LogP contribution in [0, 0.1) is 0 Å². The maximum Gasteiger partial charge on any atom is 0.323 e. The van der Waals surface area contributed by atoms with Gasteiger partial charge in [-0.3, -0.25) is 10.1 Å². The van der Waals surface area contributed by atoms with E-state index in [1.54, 1.807) is 23.8 Å². The first kappa shape index (κ1) is 13.9. The zero-order valence-corrected chi connectivity index (χ0v) is 12.4. The molecule has 0 aromatic carbocycles. The van der Waals surface area contributed by atoms with Gasteiger partial charge in [-0.2, -0.15) is 0 Å². The molecule has 1 saturated heterocycles. The van der Waals surface area contributed by atoms with Gasteiger partial charge >= 0.3 is 6.03 Å². The number of anilines is 1. The SMILES string of the molecule is CC1C(=O)N(C)CCN1C(=O)Nc1ccc2c(n1)CCC2. The number of hydrogen-bond acceptors (Lipinski definition) is 3. The number of aromatic nitrogens is 1. The Labute approximate surface area is 124 Å². The number of fused-ring (bicyclic) bond motifs is 1. The molecule has 1 fully saturated rings. The summed E-state index contributed by atoms with van der Waals surface area (Å²) >= 11 is 0. The molecule has 3 rings (SSSR count). The second-order valence-corrected chi connectivity index (χ2v) is 5.72. The van der Waals surface area contributed by atoms with Gasteiger partial charge in [-0.15, -0.1) is 0 Å². The lowest BCUT2D eigenvalue weighted by molar-refractivity contribution is -0.137. The first-order valence-corrected chi connectivity index (χ1v) is 7.37. The lowest BCUT2D eigenvalue weighted by Crippen LogP contribution is -2.57. The van der Waals surface area contributed by atoms with Crippen LogP contribution in [0.3, 0.4) is 0 Å². The molecule has 2 heterocycles. The average molecular weight is 288 g/mol. The fourth-order valence-electron chi connectivity index (χ4n) is 2.96. The molecule has 112 valence electrons. The third kappa shape index (κ3) is 2.57. The lowest BCUT2D eigenvalue weighted by Gasteiger charge is -2.37. The van der Waals surface area contributed by atoms with E-state index in [0.29, 0.717) is 18.9 Å². The molecule has 1 aromatic heterocycles. The number of rotatable bonds is 1. The molecule has 6 nitrogen and oxygen atoms in total. The number of carbonyl (C=O) groups is 2. The van der Waals surface area contributed by atoms with Crippen LogP contribution in [0.1, 0.15) is 24.6 Å². The van der Waals surface area contributed by atoms with Crippen molar-refractivity contribution >= 4 is 17.8 Å². The van der Waals surface area contributed by atoms with Gasteiger partial charge in [0.2, 0.25) is 5.91 Å². The highest BCUT2D eigenvalue weighted by molar-refractivity contribution is 5.93. The second kappa shape index (κ2) is 5.35. The lowest BCUT2D eigenvalue weighted by atomic mass is 10.2. The highest BCUT2D eigenvalue weighted by atomic mass is 16.2. The molecule has 1 unspecified atom stereocenters. The van der Waals surface area contributed by atoms with Gasteiger partial charge in [0.15, 0.2) is 0 Å². The zero-order valence-electron chi connectivity index (χ0n) is 12.4. The van der Waals surface area contributed by atoms with Crippen LogP contribution < -0.4 is 5.32 Å². The molecule has 6 heteroatoms. The standard InChI is InChI=1S/C15H20N4O2/c1-10-14(20)18(2)8-9-19(10)15(21)17-13-7-6-11-4-3-5-12(11)16-13/h6-7,10H,3-5,8-9H2,1-2H3,(H,16,17,21). The first-order chi connectivity index (χ1) is 10.1. The molecule has 1 atom stereocenters. The molecule has 0 spiro atoms. The van der Waals surface area contributed by atoms with E-state index >= 15 is 0 Å². The fraction of sp³-hybridized carbons (Fsp3) is 0.533. The molecule has 0 saturated carbocycles. The van der Waals surface area contributed by atoms with E-state index in [1.807, 2.05) is 12.1 Å². The van der Waals surface area contributed by atoms with Crippen molar-refractivity contribution in [1.82, 2.24) is 14.8 Å². The summed E-state index contributed by atoms with van der Waals surface area (Å²) in [5.74, 6) is 0.539. The maximum atomic E-state index is 12.3. The van der Waals surface area contributed by atoms with Crippen LogP contribution in [0.5, 0.6) is 0 Å². The van der Waals surface area contributed by atoms with Gasteiger partial charge in [0.05, 0.1) is 0 Å². The van der Waals surface area contributed by atoms with E-state index in [1.165, 1.54) is 5.56 Å². The highest BCUT2D eigenvalue weighted by Crippen LogP contribution is 2.22. The minimum absolute atomic E-state index is 0.0293. The predicted octanol–water partition coefficient (Wildman–Crippen LogP) is 1.26. The van der Waals surface area contributed by atoms with Crippen molar-refractivity contribution in [2.75, 3.05) is 25.5 Å². The Balaban J connectivity index is 1.70. The Morgan fingerprint density at radius 2 is 2.14 bits per heavy atom. The number of aryl methyl sites for hydroxylation is 2. The number of urea groups is 1. The first-order valence-electron chi connectivity index (χ1n) is 7.37. The number of nitrogens with one attached hydrogen (secondary N) is 1. The minimum Gasteiger partial charge on any atom is -0.342 e. The van der Waals surface area contributed by atoms with Gasteiger partial charge in [-0.1, -0.05) is 6.07 Å². The van der Waals surface area contributed by atoms with Gasteiger partial charge in [-0.25, -0.2) is 9.78 Å². The Morgan fingerprint density at radius 3 is 2.95 bits per heavy atom. The van der Waals surface area contributed by atoms with Crippen LogP contribution in [0.4, 0.5) is 10.6 Å². The monoisotopic (exact) mass is 288 g/mol. The Morgan fingerprint density at radius 1 is 1.33 bits per heavy atom. The number of carbonyl (C=O) groups excluding carboxylic acids is 2. The summed E-state index contributed by atoms with van der Waals surface area (Å²) in [6.45, 7) is 2.86. The van der Waals surface area contributed by atoms with Crippen molar-refractivity contribution in [1.29, 1.82) is 0 Å². The second-order valence-electron chi connectivity index (χ2n) is 5.72. The molecule has 0 radical (unpaired) electrons. The fourth-order valence-corrected chi connectivity index (χ4v) is 2.96. The molecule has 1 N–H and O–H groups in total. The van der Waals surface area contributed by atoms with Crippen LogP contribution in [-0.2, 0) is 17.6 Å². The van der Waals surface area contributed by atoms with Gasteiger partial charge in [0.25, 0.3) is 0 Å². The van der Waals surface area contributed by atoms with Crippen molar-refractivity contribution in [3.05, 3.63) is 23.4 Å². The van der Waals surface area contributed by atoms with E-state index in [0.717, 1.165) is 25.0 Å². The van der Waals surface area contributed by atoms with Crippen LogP contribution in [0.15, 0.2) is 12.1 Å². The molecular formula is C15H20N4O2. The molecule has 1 aliphatic heterocycles. The third-order valence-electron chi connectivity index (χ3n) is 4.30. The van der Waals surface area contributed by atoms with E-state index in [4.69, 9.17) is 0 Å². The summed E-state index contributed by atoms with van der Waals surface area (Å²) in [4.78, 5) is 32.0. The summed E-state index contributed by atoms with van der Waals surface area (Å²) in [6, 6.07) is 3.18. The maximum absolute atomic E-state index is 12.3. The van der Waals surface area contributed by atoms with Crippen molar-refractivity contribution in [3.63, 3.8) is 0 Å². The number of nitrogens with zero attached hydrogens (tertiary/aromatic N) is 3. The van der Waals surface area contributed by atoms with E-state index in [2.05, 4.69) is 10.3 Å². The van der Waals surface area contributed by atoms with Crippen LogP contribution in [-0.4, -0.2) is 52.9 Å². The average Bonchev–Trinajstić information content (AvgIpc) is 2.92. The Kier molecular flexibility index (Phi) is 3.53. The van der Waals surface area contributed by atoms with Crippen molar-refractivity contribution in [2.45, 2.75) is 32.2 Å². The van der Waals surface area contributed by atoms with Gasteiger partial charge < -0.3 is 9.80 Å². The molecule has 21 heavy (non-hydrogen) atoms. The molecule has 1 aliphatic carbocycles. The minimum atomic E-state index is -0.432. The van der Waals surface area contributed by atoms with E-state index in [9.17, 15) is 9.59 Å². The number of likely N-dealkylation sites (N-methyl/N-ethyl adjacent to an activating group) is 1. The molecule has 2 aliphatic rings. The van der Waals surface area contributed by atoms with E-state index < -0.39 is 6.04 Å². The van der Waals surface area contributed by atoms with Gasteiger partial charge in [0.1, 0.15) is 11.9 Å². The smallest absolute Gasteiger partial charge is 0.323 e. The summed E-state index contributed by atoms with van der Waals surface area (Å²) in [5.41, 5.74) is 2.35. The number of amides is 3. The van der Waals surface area contributed by atoms with Gasteiger partial charge in [-0.05, 0) is 37.8 Å². The topological polar surface area (TPSA) is 65.5 Å². The van der Waals surface area contributed by atoms with E-state index in [-0.39, 0.29) is 11.9 Å². The molecule has 3 amide bonds. The normalized spacial score (nSPS) is 21.4. The molecular weight excluding hydrogens is 268 g/mol. The summed E-state index contributed by atoms with van der Waals surface area (Å²) in [6.07, 6.45) is 3.17. The summed E-state index contributed by atoms with van der Waals surface area (Å²) < 4.78 is 0. The van der Waals surface area contributed by atoms with Crippen LogP contribution >= 0.6 is 0 Å². The number of pyridine rings is 1. The van der Waals surface area contributed by atoms with Crippen LogP contribution in [0.2, 0.25) is 0 Å². The van der Waals surface area contributed by atoms with Crippen molar-refractivity contribution in [2.24, 2.45) is 0 Å². The van der Waals surface area contributed by atoms with Crippen molar-refractivity contribution < 1.29 is 9.59 Å². The zero-order chi connectivity index (χ0) is 15.0. The Hall–Kier alpha value is -2.11. The number of piperazine rings is 1. The third-order valence-corrected chi connectivity index (χ3v) is 4.30. The summed E-state index contributed by atoms with van der Waals surface area (Å²) in [5, 5.41) is 2.81. The van der Waals surface area contributed by atoms with Crippen molar-refractivity contribution in [3.8, 4) is 0 Å². The molecule has 0 bridgehead atoms. The quantitative estimate of drug-likeness (QED) is 0.846. The van der Waals surface area contributed by atoms with Gasteiger partial charge in [0, 0.05) is 25.8 Å². The largest absolute Gasteiger partial charge is 0.342 e.